The third-order valence-corrected chi connectivity index (χ3v) is 5.95. The number of unbranched alkanes of at least 4 members (excludes halogenated alkanes) is 1. The van der Waals surface area contributed by atoms with Gasteiger partial charge in [-0.1, -0.05) is 28.0 Å². The molecule has 1 aromatic heterocycles. The van der Waals surface area contributed by atoms with Gasteiger partial charge in [-0.25, -0.2) is 0 Å². The summed E-state index contributed by atoms with van der Waals surface area (Å²) in [5.41, 5.74) is 0. The molecule has 1 aliphatic rings. The molecule has 3 nitrogen and oxygen atoms in total. The van der Waals surface area contributed by atoms with Crippen molar-refractivity contribution in [1.29, 1.82) is 0 Å². The Kier molecular flexibility index (Phi) is 6.00. The highest BCUT2D eigenvalue weighted by atomic mass is 33.1. The van der Waals surface area contributed by atoms with Gasteiger partial charge in [0.2, 0.25) is 5.91 Å². The molecule has 1 N–H and O–H groups in total. The first-order valence-electron chi connectivity index (χ1n) is 6.42. The first-order valence-corrected chi connectivity index (χ1v) is 8.80. The maximum atomic E-state index is 11.6. The lowest BCUT2D eigenvalue weighted by molar-refractivity contribution is -0.121. The maximum absolute atomic E-state index is 11.6. The van der Waals surface area contributed by atoms with E-state index in [9.17, 15) is 4.79 Å². The van der Waals surface area contributed by atoms with Gasteiger partial charge in [0.05, 0.1) is 12.8 Å². The average molecular weight is 285 g/mol. The highest BCUT2D eigenvalue weighted by molar-refractivity contribution is 8.77. The molecule has 0 spiro atoms. The second kappa shape index (κ2) is 7.79. The quantitative estimate of drug-likeness (QED) is 0.614. The van der Waals surface area contributed by atoms with Crippen molar-refractivity contribution in [2.45, 2.75) is 43.9 Å². The van der Waals surface area contributed by atoms with Gasteiger partial charge in [-0.3, -0.25) is 4.79 Å². The molecule has 1 aliphatic heterocycles. The summed E-state index contributed by atoms with van der Waals surface area (Å²) < 4.78 is 5.16. The lowest BCUT2D eigenvalue weighted by atomic mass is 10.1. The Bertz CT molecular complexity index is 348. The highest BCUT2D eigenvalue weighted by Crippen LogP contribution is 2.39. The standard InChI is InChI=1S/C13H19NO2S2/c15-13(14-10-11-4-3-8-16-11)6-2-1-5-12-7-9-17-18-12/h3-4,8,12H,1-2,5-7,9-10H2,(H,14,15)/t12-/m1/s1. The molecular weight excluding hydrogens is 266 g/mol. The van der Waals surface area contributed by atoms with Crippen molar-refractivity contribution in [2.24, 2.45) is 0 Å². The van der Waals surface area contributed by atoms with Crippen LogP contribution in [0.1, 0.15) is 37.9 Å². The summed E-state index contributed by atoms with van der Waals surface area (Å²) in [5.74, 6) is 2.22. The molecule has 2 heterocycles. The van der Waals surface area contributed by atoms with Crippen LogP contribution in [0.5, 0.6) is 0 Å². The number of furan rings is 1. The van der Waals surface area contributed by atoms with Crippen molar-refractivity contribution in [3.63, 3.8) is 0 Å². The van der Waals surface area contributed by atoms with Crippen LogP contribution in [0.15, 0.2) is 22.8 Å². The monoisotopic (exact) mass is 285 g/mol. The zero-order chi connectivity index (χ0) is 12.6. The van der Waals surface area contributed by atoms with Crippen LogP contribution in [0.3, 0.4) is 0 Å². The molecular formula is C13H19NO2S2. The Hall–Kier alpha value is -0.550. The minimum absolute atomic E-state index is 0.125. The first-order chi connectivity index (χ1) is 8.84. The van der Waals surface area contributed by atoms with Gasteiger partial charge in [0, 0.05) is 17.4 Å². The van der Waals surface area contributed by atoms with Gasteiger partial charge < -0.3 is 9.73 Å². The van der Waals surface area contributed by atoms with Crippen molar-refractivity contribution in [3.05, 3.63) is 24.2 Å². The van der Waals surface area contributed by atoms with Gasteiger partial charge in [0.15, 0.2) is 0 Å². The predicted octanol–water partition coefficient (Wildman–Crippen LogP) is 3.61. The lowest BCUT2D eigenvalue weighted by Gasteiger charge is -2.07. The number of rotatable bonds is 7. The summed E-state index contributed by atoms with van der Waals surface area (Å²) in [6.07, 6.45) is 6.99. The highest BCUT2D eigenvalue weighted by Gasteiger charge is 2.15. The fourth-order valence-electron chi connectivity index (χ4n) is 1.91. The maximum Gasteiger partial charge on any atom is 0.220 e. The molecule has 5 heteroatoms. The second-order valence-corrected chi connectivity index (χ2v) is 7.22. The SMILES string of the molecule is O=C(CCCC[C@@H]1CCSS1)NCc1ccco1. The van der Waals surface area contributed by atoms with Gasteiger partial charge in [0.1, 0.15) is 5.76 Å². The van der Waals surface area contributed by atoms with Crippen molar-refractivity contribution in [2.75, 3.05) is 5.75 Å². The summed E-state index contributed by atoms with van der Waals surface area (Å²) in [7, 11) is 3.99. The topological polar surface area (TPSA) is 42.2 Å². The van der Waals surface area contributed by atoms with E-state index in [1.165, 1.54) is 18.6 Å². The van der Waals surface area contributed by atoms with Crippen LogP contribution in [-0.4, -0.2) is 16.9 Å². The first kappa shape index (κ1) is 13.9. The summed E-state index contributed by atoms with van der Waals surface area (Å²) in [4.78, 5) is 11.6. The Morgan fingerprint density at radius 2 is 2.44 bits per heavy atom. The van der Waals surface area contributed by atoms with Gasteiger partial charge in [0.25, 0.3) is 0 Å². The summed E-state index contributed by atoms with van der Waals surface area (Å²) in [6, 6.07) is 3.70. The summed E-state index contributed by atoms with van der Waals surface area (Å²) in [5, 5.41) is 3.69. The normalized spacial score (nSPS) is 19.0. The summed E-state index contributed by atoms with van der Waals surface area (Å²) in [6.45, 7) is 0.501. The van der Waals surface area contributed by atoms with Crippen LogP contribution in [0, 0.1) is 0 Å². The third-order valence-electron chi connectivity index (χ3n) is 2.95. The van der Waals surface area contributed by atoms with E-state index >= 15 is 0 Å². The Balaban J connectivity index is 1.49. The van der Waals surface area contributed by atoms with E-state index in [-0.39, 0.29) is 5.91 Å². The molecule has 1 saturated heterocycles. The van der Waals surface area contributed by atoms with Crippen LogP contribution in [0.2, 0.25) is 0 Å². The molecule has 0 unspecified atom stereocenters. The molecule has 0 radical (unpaired) electrons. The van der Waals surface area contributed by atoms with E-state index in [1.807, 2.05) is 33.7 Å². The minimum Gasteiger partial charge on any atom is -0.467 e. The molecule has 100 valence electrons. The third kappa shape index (κ3) is 4.98. The molecule has 0 aromatic carbocycles. The molecule has 1 fully saturated rings. The molecule has 18 heavy (non-hydrogen) atoms. The number of carbonyl (C=O) groups is 1. The summed E-state index contributed by atoms with van der Waals surface area (Å²) >= 11 is 0. The molecule has 0 aliphatic carbocycles. The largest absolute Gasteiger partial charge is 0.467 e. The Labute approximate surface area is 116 Å². The van der Waals surface area contributed by atoms with E-state index in [2.05, 4.69) is 5.32 Å². The van der Waals surface area contributed by atoms with Gasteiger partial charge in [-0.2, -0.15) is 0 Å². The molecule has 0 bridgehead atoms. The molecule has 1 amide bonds. The zero-order valence-electron chi connectivity index (χ0n) is 10.4. The Morgan fingerprint density at radius 1 is 1.50 bits per heavy atom. The number of hydrogen-bond donors (Lipinski definition) is 1. The van der Waals surface area contributed by atoms with E-state index in [0.717, 1.165) is 23.9 Å². The van der Waals surface area contributed by atoms with Crippen LogP contribution in [0.25, 0.3) is 0 Å². The number of hydrogen-bond acceptors (Lipinski definition) is 4. The van der Waals surface area contributed by atoms with E-state index in [1.54, 1.807) is 6.26 Å². The van der Waals surface area contributed by atoms with Crippen molar-refractivity contribution < 1.29 is 9.21 Å². The predicted molar refractivity (Wildman–Crippen MR) is 77.5 cm³/mol. The van der Waals surface area contributed by atoms with Crippen LogP contribution < -0.4 is 5.32 Å². The van der Waals surface area contributed by atoms with E-state index in [0.29, 0.717) is 13.0 Å². The van der Waals surface area contributed by atoms with Gasteiger partial charge in [-0.15, -0.1) is 0 Å². The van der Waals surface area contributed by atoms with Crippen molar-refractivity contribution >= 4 is 27.5 Å². The molecule has 2 rings (SSSR count). The molecule has 1 atom stereocenters. The van der Waals surface area contributed by atoms with Crippen LogP contribution in [0.4, 0.5) is 0 Å². The van der Waals surface area contributed by atoms with E-state index in [4.69, 9.17) is 4.42 Å². The molecule has 1 aromatic rings. The fraction of sp³-hybridized carbons (Fsp3) is 0.615. The van der Waals surface area contributed by atoms with Gasteiger partial charge in [-0.05, 0) is 31.4 Å². The zero-order valence-corrected chi connectivity index (χ0v) is 12.0. The minimum atomic E-state index is 0.125. The Morgan fingerprint density at radius 3 is 3.17 bits per heavy atom. The van der Waals surface area contributed by atoms with Gasteiger partial charge >= 0.3 is 0 Å². The number of carbonyl (C=O) groups excluding carboxylic acids is 1. The average Bonchev–Trinajstić information content (AvgIpc) is 3.04. The second-order valence-electron chi connectivity index (χ2n) is 4.43. The number of nitrogens with one attached hydrogen (secondary N) is 1. The molecule has 0 saturated carbocycles. The smallest absolute Gasteiger partial charge is 0.220 e. The van der Waals surface area contributed by atoms with E-state index < -0.39 is 0 Å². The van der Waals surface area contributed by atoms with Crippen molar-refractivity contribution in [1.82, 2.24) is 5.32 Å². The lowest BCUT2D eigenvalue weighted by Crippen LogP contribution is -2.22. The van der Waals surface area contributed by atoms with Crippen LogP contribution in [-0.2, 0) is 11.3 Å². The fourth-order valence-corrected chi connectivity index (χ4v) is 4.94. The number of amides is 1. The van der Waals surface area contributed by atoms with Crippen molar-refractivity contribution in [3.8, 4) is 0 Å². The van der Waals surface area contributed by atoms with Crippen LogP contribution >= 0.6 is 21.6 Å².